The molecule has 0 heterocycles. The fourth-order valence-electron chi connectivity index (χ4n) is 1.77. The molecular weight excluding hydrogens is 327 g/mol. The third-order valence-electron chi connectivity index (χ3n) is 2.88. The van der Waals surface area contributed by atoms with Crippen LogP contribution in [-0.2, 0) is 4.79 Å². The van der Waals surface area contributed by atoms with Crippen molar-refractivity contribution in [1.29, 1.82) is 0 Å². The lowest BCUT2D eigenvalue weighted by Gasteiger charge is -2.10. The number of halogens is 2. The normalized spacial score (nSPS) is 10.2. The average molecular weight is 339 g/mol. The first-order valence-corrected chi connectivity index (χ1v) is 6.87. The number of hydrogen-bond donors (Lipinski definition) is 1. The van der Waals surface area contributed by atoms with E-state index in [2.05, 4.69) is 5.32 Å². The number of carbonyl (C=O) groups is 1. The molecule has 1 N–H and O–H groups in total. The van der Waals surface area contributed by atoms with E-state index in [4.69, 9.17) is 16.3 Å². The van der Waals surface area contributed by atoms with Crippen LogP contribution in [0.15, 0.2) is 36.4 Å². The van der Waals surface area contributed by atoms with Crippen LogP contribution in [0.2, 0.25) is 5.02 Å². The van der Waals surface area contributed by atoms with Gasteiger partial charge in [-0.1, -0.05) is 17.7 Å². The molecule has 0 aliphatic carbocycles. The zero-order chi connectivity index (χ0) is 17.0. The number of amides is 1. The van der Waals surface area contributed by atoms with Gasteiger partial charge in [0, 0.05) is 12.1 Å². The van der Waals surface area contributed by atoms with Gasteiger partial charge >= 0.3 is 0 Å². The molecule has 0 fully saturated rings. The van der Waals surface area contributed by atoms with E-state index in [-0.39, 0.29) is 11.4 Å². The standard InChI is InChI=1S/C15H12ClFN2O4/c1-9-2-4-11(16)14(6-9)23-8-15(20)18-13-7-10(19(21)22)3-5-12(13)17/h2-7H,8H2,1H3,(H,18,20). The van der Waals surface area contributed by atoms with Crippen molar-refractivity contribution in [2.45, 2.75) is 6.92 Å². The Balaban J connectivity index is 2.04. The Hall–Kier alpha value is -2.67. The molecule has 0 aromatic heterocycles. The summed E-state index contributed by atoms with van der Waals surface area (Å²) in [6, 6.07) is 7.93. The summed E-state index contributed by atoms with van der Waals surface area (Å²) in [4.78, 5) is 21.8. The molecule has 0 saturated heterocycles. The number of anilines is 1. The molecule has 6 nitrogen and oxygen atoms in total. The van der Waals surface area contributed by atoms with Gasteiger partial charge in [0.05, 0.1) is 15.6 Å². The number of carbonyl (C=O) groups excluding carboxylic acids is 1. The number of hydrogen-bond acceptors (Lipinski definition) is 4. The maximum atomic E-state index is 13.6. The van der Waals surface area contributed by atoms with E-state index in [9.17, 15) is 19.3 Å². The minimum Gasteiger partial charge on any atom is -0.482 e. The van der Waals surface area contributed by atoms with Crippen molar-refractivity contribution in [3.8, 4) is 5.75 Å². The zero-order valence-electron chi connectivity index (χ0n) is 12.0. The molecule has 2 aromatic carbocycles. The maximum Gasteiger partial charge on any atom is 0.271 e. The number of aryl methyl sites for hydroxylation is 1. The molecule has 0 spiro atoms. The van der Waals surface area contributed by atoms with Gasteiger partial charge < -0.3 is 10.1 Å². The average Bonchev–Trinajstić information content (AvgIpc) is 2.50. The monoisotopic (exact) mass is 338 g/mol. The molecule has 0 bridgehead atoms. The molecule has 0 atom stereocenters. The second-order valence-electron chi connectivity index (χ2n) is 4.69. The van der Waals surface area contributed by atoms with E-state index in [1.54, 1.807) is 18.2 Å². The van der Waals surface area contributed by atoms with Crippen molar-refractivity contribution in [1.82, 2.24) is 0 Å². The number of nitrogens with one attached hydrogen (secondary N) is 1. The predicted octanol–water partition coefficient (Wildman–Crippen LogP) is 3.71. The highest BCUT2D eigenvalue weighted by molar-refractivity contribution is 6.32. The number of rotatable bonds is 5. The van der Waals surface area contributed by atoms with Gasteiger partial charge in [-0.15, -0.1) is 0 Å². The van der Waals surface area contributed by atoms with Crippen molar-refractivity contribution >= 4 is 28.9 Å². The molecule has 0 radical (unpaired) electrons. The van der Waals surface area contributed by atoms with Gasteiger partial charge in [0.25, 0.3) is 11.6 Å². The Labute approximate surface area is 136 Å². The van der Waals surface area contributed by atoms with Crippen LogP contribution in [0.1, 0.15) is 5.56 Å². The molecule has 0 unspecified atom stereocenters. The van der Waals surface area contributed by atoms with Gasteiger partial charge in [0.15, 0.2) is 6.61 Å². The van der Waals surface area contributed by atoms with Crippen LogP contribution in [-0.4, -0.2) is 17.4 Å². The second-order valence-corrected chi connectivity index (χ2v) is 5.10. The first kappa shape index (κ1) is 16.7. The molecule has 2 aromatic rings. The van der Waals surface area contributed by atoms with Gasteiger partial charge in [-0.05, 0) is 30.7 Å². The summed E-state index contributed by atoms with van der Waals surface area (Å²) in [5.74, 6) is -1.12. The van der Waals surface area contributed by atoms with Crippen LogP contribution in [0.25, 0.3) is 0 Å². The molecule has 120 valence electrons. The lowest BCUT2D eigenvalue weighted by Crippen LogP contribution is -2.21. The summed E-state index contributed by atoms with van der Waals surface area (Å²) >= 11 is 5.93. The Morgan fingerprint density at radius 1 is 1.35 bits per heavy atom. The number of non-ortho nitro benzene ring substituents is 1. The van der Waals surface area contributed by atoms with E-state index in [0.717, 1.165) is 23.8 Å². The largest absolute Gasteiger partial charge is 0.482 e. The van der Waals surface area contributed by atoms with E-state index >= 15 is 0 Å². The number of nitrogens with zero attached hydrogens (tertiary/aromatic N) is 1. The van der Waals surface area contributed by atoms with Crippen molar-refractivity contribution < 1.29 is 18.8 Å². The van der Waals surface area contributed by atoms with E-state index < -0.39 is 23.3 Å². The Bertz CT molecular complexity index is 767. The summed E-state index contributed by atoms with van der Waals surface area (Å²) in [5, 5.41) is 13.2. The van der Waals surface area contributed by atoms with E-state index in [1.807, 2.05) is 6.92 Å². The highest BCUT2D eigenvalue weighted by Gasteiger charge is 2.14. The molecule has 0 aliphatic heterocycles. The number of nitro benzene ring substituents is 1. The molecule has 8 heteroatoms. The highest BCUT2D eigenvalue weighted by Crippen LogP contribution is 2.25. The number of benzene rings is 2. The quantitative estimate of drug-likeness (QED) is 0.665. The lowest BCUT2D eigenvalue weighted by molar-refractivity contribution is -0.384. The van der Waals surface area contributed by atoms with Crippen molar-refractivity contribution in [3.05, 3.63) is 62.9 Å². The second kappa shape index (κ2) is 7.06. The van der Waals surface area contributed by atoms with E-state index in [0.29, 0.717) is 10.8 Å². The van der Waals surface area contributed by atoms with Gasteiger partial charge in [-0.3, -0.25) is 14.9 Å². The minimum absolute atomic E-state index is 0.289. The lowest BCUT2D eigenvalue weighted by atomic mass is 10.2. The van der Waals surface area contributed by atoms with Crippen molar-refractivity contribution in [2.24, 2.45) is 0 Å². The number of ether oxygens (including phenoxy) is 1. The summed E-state index contributed by atoms with van der Waals surface area (Å²) in [5.41, 5.74) is 0.280. The Morgan fingerprint density at radius 2 is 2.09 bits per heavy atom. The van der Waals surface area contributed by atoms with Gasteiger partial charge in [-0.2, -0.15) is 0 Å². The van der Waals surface area contributed by atoms with Gasteiger partial charge in [0.2, 0.25) is 0 Å². The van der Waals surface area contributed by atoms with Crippen LogP contribution < -0.4 is 10.1 Å². The third kappa shape index (κ3) is 4.40. The zero-order valence-corrected chi connectivity index (χ0v) is 12.8. The smallest absolute Gasteiger partial charge is 0.271 e. The van der Waals surface area contributed by atoms with Crippen LogP contribution in [0.3, 0.4) is 0 Å². The predicted molar refractivity (Wildman–Crippen MR) is 83.4 cm³/mol. The SMILES string of the molecule is Cc1ccc(Cl)c(OCC(=O)Nc2cc([N+](=O)[O-])ccc2F)c1. The summed E-state index contributed by atoms with van der Waals surface area (Å²) in [7, 11) is 0. The van der Waals surface area contributed by atoms with Gasteiger partial charge in [0.1, 0.15) is 11.6 Å². The summed E-state index contributed by atoms with van der Waals surface area (Å²) in [6.07, 6.45) is 0. The fourth-order valence-corrected chi connectivity index (χ4v) is 1.95. The fraction of sp³-hybridized carbons (Fsp3) is 0.133. The van der Waals surface area contributed by atoms with Crippen LogP contribution in [0.5, 0.6) is 5.75 Å². The summed E-state index contributed by atoms with van der Waals surface area (Å²) in [6.45, 7) is 1.42. The van der Waals surface area contributed by atoms with Crippen molar-refractivity contribution in [2.75, 3.05) is 11.9 Å². The third-order valence-corrected chi connectivity index (χ3v) is 3.19. The summed E-state index contributed by atoms with van der Waals surface area (Å²) < 4.78 is 18.8. The van der Waals surface area contributed by atoms with Crippen molar-refractivity contribution in [3.63, 3.8) is 0 Å². The topological polar surface area (TPSA) is 81.5 Å². The molecule has 1 amide bonds. The van der Waals surface area contributed by atoms with Crippen LogP contribution >= 0.6 is 11.6 Å². The molecule has 0 saturated carbocycles. The van der Waals surface area contributed by atoms with Crippen LogP contribution in [0.4, 0.5) is 15.8 Å². The van der Waals surface area contributed by atoms with Gasteiger partial charge in [-0.25, -0.2) is 4.39 Å². The first-order valence-electron chi connectivity index (χ1n) is 6.49. The highest BCUT2D eigenvalue weighted by atomic mass is 35.5. The molecule has 23 heavy (non-hydrogen) atoms. The minimum atomic E-state index is -0.780. The number of nitro groups is 1. The molecular formula is C15H12ClFN2O4. The Morgan fingerprint density at radius 3 is 2.78 bits per heavy atom. The molecule has 0 aliphatic rings. The Kier molecular flexibility index (Phi) is 5.13. The van der Waals surface area contributed by atoms with E-state index in [1.165, 1.54) is 0 Å². The first-order chi connectivity index (χ1) is 10.9. The maximum absolute atomic E-state index is 13.6. The molecule has 2 rings (SSSR count). The van der Waals surface area contributed by atoms with Crippen LogP contribution in [0, 0.1) is 22.9 Å².